The van der Waals surface area contributed by atoms with Gasteiger partial charge in [-0.25, -0.2) is 9.78 Å². The van der Waals surface area contributed by atoms with Crippen LogP contribution < -0.4 is 5.32 Å². The van der Waals surface area contributed by atoms with E-state index < -0.39 is 0 Å². The van der Waals surface area contributed by atoms with Crippen LogP contribution in [-0.2, 0) is 11.3 Å². The van der Waals surface area contributed by atoms with Gasteiger partial charge in [0.1, 0.15) is 6.54 Å². The van der Waals surface area contributed by atoms with E-state index in [-0.39, 0.29) is 30.4 Å². The summed E-state index contributed by atoms with van der Waals surface area (Å²) in [4.78, 5) is 30.4. The van der Waals surface area contributed by atoms with Gasteiger partial charge in [-0.3, -0.25) is 9.69 Å². The van der Waals surface area contributed by atoms with Crippen LogP contribution in [0.3, 0.4) is 0 Å². The molecule has 4 rings (SSSR count). The molecule has 24 heavy (non-hydrogen) atoms. The predicted octanol–water partition coefficient (Wildman–Crippen LogP) is 2.95. The maximum Gasteiger partial charge on any atom is 0.324 e. The summed E-state index contributed by atoms with van der Waals surface area (Å²) in [6.07, 6.45) is 5.44. The summed E-state index contributed by atoms with van der Waals surface area (Å²) in [5, 5.41) is 2.95. The first-order valence-corrected chi connectivity index (χ1v) is 8.34. The van der Waals surface area contributed by atoms with Crippen molar-refractivity contribution in [3.05, 3.63) is 42.4 Å². The number of urea groups is 1. The van der Waals surface area contributed by atoms with Gasteiger partial charge >= 0.3 is 6.03 Å². The van der Waals surface area contributed by atoms with Crippen LogP contribution in [0.2, 0.25) is 0 Å². The topological polar surface area (TPSA) is 75.4 Å². The molecular weight excluding hydrogens is 306 g/mol. The van der Waals surface area contributed by atoms with Crippen LogP contribution in [0.25, 0.3) is 11.3 Å². The quantitative estimate of drug-likeness (QED) is 0.941. The number of fused-ring (bicyclic) bond motifs is 1. The van der Waals surface area contributed by atoms with E-state index in [4.69, 9.17) is 4.42 Å². The number of hydrogen-bond donors (Lipinski definition) is 1. The Kier molecular flexibility index (Phi) is 3.80. The monoisotopic (exact) mass is 325 g/mol. The van der Waals surface area contributed by atoms with Crippen molar-refractivity contribution in [2.75, 3.05) is 0 Å². The lowest BCUT2D eigenvalue weighted by atomic mass is 9.82. The highest BCUT2D eigenvalue weighted by Crippen LogP contribution is 2.30. The largest absolute Gasteiger partial charge is 0.439 e. The van der Waals surface area contributed by atoms with Gasteiger partial charge in [-0.2, -0.15) is 0 Å². The average Bonchev–Trinajstić information content (AvgIpc) is 3.08. The molecule has 6 heteroatoms. The minimum Gasteiger partial charge on any atom is -0.439 e. The van der Waals surface area contributed by atoms with Gasteiger partial charge in [-0.15, -0.1) is 0 Å². The van der Waals surface area contributed by atoms with Gasteiger partial charge in [0.2, 0.25) is 11.8 Å². The maximum atomic E-state index is 12.6. The number of benzene rings is 1. The van der Waals surface area contributed by atoms with Crippen molar-refractivity contribution in [1.29, 1.82) is 0 Å². The lowest BCUT2D eigenvalue weighted by Gasteiger charge is -2.39. The zero-order chi connectivity index (χ0) is 16.5. The number of rotatable bonds is 3. The summed E-state index contributed by atoms with van der Waals surface area (Å²) < 4.78 is 5.72. The first-order chi connectivity index (χ1) is 11.7. The van der Waals surface area contributed by atoms with Gasteiger partial charge in [0.15, 0.2) is 5.76 Å². The van der Waals surface area contributed by atoms with Crippen LogP contribution in [0.4, 0.5) is 4.79 Å². The predicted molar refractivity (Wildman–Crippen MR) is 86.8 cm³/mol. The molecule has 0 spiro atoms. The van der Waals surface area contributed by atoms with Gasteiger partial charge in [-0.05, 0) is 12.8 Å². The first kappa shape index (κ1) is 14.9. The van der Waals surface area contributed by atoms with Crippen LogP contribution in [0, 0.1) is 5.92 Å². The summed E-state index contributed by atoms with van der Waals surface area (Å²) in [5.74, 6) is 0.778. The standard InChI is InChI=1S/C18H19N3O3/c22-17-13-8-4-5-9-14(13)20-18(23)21(17)11-16-19-10-15(24-16)12-6-2-1-3-7-12/h1-3,6-7,10,13-14H,4-5,8-9,11H2,(H,20,23)/t13-,14+/m0/s1. The lowest BCUT2D eigenvalue weighted by molar-refractivity contribution is -0.137. The van der Waals surface area contributed by atoms with E-state index in [1.54, 1.807) is 6.20 Å². The Morgan fingerprint density at radius 3 is 2.79 bits per heavy atom. The van der Waals surface area contributed by atoms with E-state index in [0.29, 0.717) is 11.7 Å². The molecule has 1 saturated heterocycles. The van der Waals surface area contributed by atoms with E-state index in [9.17, 15) is 9.59 Å². The Labute approximate surface area is 139 Å². The second-order valence-corrected chi connectivity index (χ2v) is 6.36. The number of nitrogens with one attached hydrogen (secondary N) is 1. The first-order valence-electron chi connectivity index (χ1n) is 8.34. The molecule has 0 unspecified atom stereocenters. The lowest BCUT2D eigenvalue weighted by Crippen LogP contribution is -2.60. The van der Waals surface area contributed by atoms with Crippen molar-refractivity contribution in [2.45, 2.75) is 38.3 Å². The zero-order valence-electron chi connectivity index (χ0n) is 13.3. The highest BCUT2D eigenvalue weighted by Gasteiger charge is 2.42. The number of nitrogens with zero attached hydrogens (tertiary/aromatic N) is 2. The molecule has 2 aliphatic rings. The van der Waals surface area contributed by atoms with Crippen molar-refractivity contribution in [3.8, 4) is 11.3 Å². The van der Waals surface area contributed by atoms with E-state index in [1.807, 2.05) is 30.3 Å². The molecule has 1 aliphatic carbocycles. The Bertz CT molecular complexity index is 756. The Hall–Kier alpha value is -2.63. The highest BCUT2D eigenvalue weighted by atomic mass is 16.4. The molecule has 3 amide bonds. The average molecular weight is 325 g/mol. The molecule has 2 heterocycles. The molecule has 2 aromatic rings. The van der Waals surface area contributed by atoms with Gasteiger partial charge in [-0.1, -0.05) is 43.2 Å². The summed E-state index contributed by atoms with van der Waals surface area (Å²) in [5.41, 5.74) is 0.915. The highest BCUT2D eigenvalue weighted by molar-refractivity contribution is 5.98. The number of carbonyl (C=O) groups excluding carboxylic acids is 2. The Morgan fingerprint density at radius 1 is 1.17 bits per heavy atom. The maximum absolute atomic E-state index is 12.6. The van der Waals surface area contributed by atoms with Crippen molar-refractivity contribution >= 4 is 11.9 Å². The van der Waals surface area contributed by atoms with Gasteiger partial charge in [0.05, 0.1) is 12.1 Å². The number of amides is 3. The van der Waals surface area contributed by atoms with Gasteiger partial charge < -0.3 is 9.73 Å². The van der Waals surface area contributed by atoms with Crippen LogP contribution in [0.1, 0.15) is 31.6 Å². The summed E-state index contributed by atoms with van der Waals surface area (Å²) in [6.45, 7) is 0.0702. The fourth-order valence-electron chi connectivity index (χ4n) is 3.54. The number of imide groups is 1. The normalized spacial score (nSPS) is 23.8. The molecule has 1 saturated carbocycles. The van der Waals surface area contributed by atoms with Gasteiger partial charge in [0, 0.05) is 11.6 Å². The van der Waals surface area contributed by atoms with E-state index in [2.05, 4.69) is 10.3 Å². The SMILES string of the molecule is O=C1N[C@@H]2CCCC[C@@H]2C(=O)N1Cc1ncc(-c2ccccc2)o1. The third-order valence-corrected chi connectivity index (χ3v) is 4.81. The molecule has 2 atom stereocenters. The Balaban J connectivity index is 1.51. The minimum atomic E-state index is -0.345. The zero-order valence-corrected chi connectivity index (χ0v) is 13.3. The van der Waals surface area contributed by atoms with Gasteiger partial charge in [0.25, 0.3) is 0 Å². The fourth-order valence-corrected chi connectivity index (χ4v) is 3.54. The number of carbonyl (C=O) groups is 2. The molecule has 1 aromatic carbocycles. The third kappa shape index (κ3) is 2.68. The van der Waals surface area contributed by atoms with Crippen molar-refractivity contribution in [2.24, 2.45) is 5.92 Å². The molecule has 0 bridgehead atoms. The van der Waals surface area contributed by atoms with E-state index in [1.165, 1.54) is 4.90 Å². The molecular formula is C18H19N3O3. The molecule has 1 aromatic heterocycles. The van der Waals surface area contributed by atoms with E-state index >= 15 is 0 Å². The molecule has 0 radical (unpaired) electrons. The smallest absolute Gasteiger partial charge is 0.324 e. The number of oxazole rings is 1. The number of aromatic nitrogens is 1. The molecule has 6 nitrogen and oxygen atoms in total. The third-order valence-electron chi connectivity index (χ3n) is 4.81. The summed E-state index contributed by atoms with van der Waals surface area (Å²) in [7, 11) is 0. The second-order valence-electron chi connectivity index (χ2n) is 6.36. The Morgan fingerprint density at radius 2 is 1.96 bits per heavy atom. The molecule has 2 fully saturated rings. The van der Waals surface area contributed by atoms with Crippen molar-refractivity contribution in [1.82, 2.24) is 15.2 Å². The molecule has 1 aliphatic heterocycles. The van der Waals surface area contributed by atoms with Crippen LogP contribution in [-0.4, -0.2) is 27.9 Å². The fraction of sp³-hybridized carbons (Fsp3) is 0.389. The van der Waals surface area contributed by atoms with Crippen molar-refractivity contribution in [3.63, 3.8) is 0 Å². The van der Waals surface area contributed by atoms with Crippen LogP contribution in [0.15, 0.2) is 40.9 Å². The van der Waals surface area contributed by atoms with Crippen LogP contribution in [0.5, 0.6) is 0 Å². The molecule has 1 N–H and O–H groups in total. The van der Waals surface area contributed by atoms with E-state index in [0.717, 1.165) is 31.2 Å². The number of hydrogen-bond acceptors (Lipinski definition) is 4. The second kappa shape index (κ2) is 6.11. The van der Waals surface area contributed by atoms with Crippen molar-refractivity contribution < 1.29 is 14.0 Å². The minimum absolute atomic E-state index is 0.0144. The summed E-state index contributed by atoms with van der Waals surface area (Å²) >= 11 is 0. The molecule has 124 valence electrons. The van der Waals surface area contributed by atoms with Crippen LogP contribution >= 0.6 is 0 Å². The summed E-state index contributed by atoms with van der Waals surface area (Å²) in [6, 6.07) is 9.26.